The van der Waals surface area contributed by atoms with Crippen LogP contribution in [0.15, 0.2) is 30.3 Å². The van der Waals surface area contributed by atoms with E-state index in [2.05, 4.69) is 41.0 Å². The van der Waals surface area contributed by atoms with Gasteiger partial charge in [0, 0.05) is 43.3 Å². The summed E-state index contributed by atoms with van der Waals surface area (Å²) < 4.78 is 0. The normalized spacial score (nSPS) is 32.3. The molecule has 25 heavy (non-hydrogen) atoms. The van der Waals surface area contributed by atoms with Crippen LogP contribution in [0.25, 0.3) is 0 Å². The van der Waals surface area contributed by atoms with Gasteiger partial charge in [0.15, 0.2) is 0 Å². The molecule has 2 amide bonds. The lowest BCUT2D eigenvalue weighted by atomic mass is 9.95. The highest BCUT2D eigenvalue weighted by atomic mass is 16.2. The zero-order chi connectivity index (χ0) is 17.1. The van der Waals surface area contributed by atoms with E-state index < -0.39 is 0 Å². The number of carbonyl (C=O) groups excluding carboxylic acids is 1. The molecular weight excluding hydrogens is 310 g/mol. The second-order valence-corrected chi connectivity index (χ2v) is 8.33. The van der Waals surface area contributed by atoms with Crippen LogP contribution >= 0.6 is 0 Å². The van der Waals surface area contributed by atoms with Gasteiger partial charge in [0.25, 0.3) is 0 Å². The Morgan fingerprint density at radius 2 is 1.52 bits per heavy atom. The third kappa shape index (κ3) is 4.17. The summed E-state index contributed by atoms with van der Waals surface area (Å²) in [6.07, 6.45) is 11.0. The Morgan fingerprint density at radius 3 is 2.20 bits per heavy atom. The number of hydrogen-bond acceptors (Lipinski definition) is 1. The first-order chi connectivity index (χ1) is 12.3. The smallest absolute Gasteiger partial charge is 0.315 e. The van der Waals surface area contributed by atoms with Crippen LogP contribution in [-0.2, 0) is 6.54 Å². The van der Waals surface area contributed by atoms with Crippen molar-refractivity contribution in [1.82, 2.24) is 10.6 Å². The molecule has 0 spiro atoms. The number of carbonyl (C=O) groups is 1. The zero-order valence-electron chi connectivity index (χ0n) is 15.2. The van der Waals surface area contributed by atoms with E-state index in [4.69, 9.17) is 0 Å². The molecule has 4 rings (SSSR count). The Kier molecular flexibility index (Phi) is 5.25. The van der Waals surface area contributed by atoms with Gasteiger partial charge in [-0.3, -0.25) is 0 Å². The summed E-state index contributed by atoms with van der Waals surface area (Å²) in [5.74, 6) is 0. The van der Waals surface area contributed by atoms with Crippen molar-refractivity contribution in [3.8, 4) is 0 Å². The van der Waals surface area contributed by atoms with Gasteiger partial charge in [0.1, 0.15) is 6.54 Å². The van der Waals surface area contributed by atoms with E-state index in [1.54, 1.807) is 4.90 Å². The van der Waals surface area contributed by atoms with Crippen LogP contribution in [0.5, 0.6) is 0 Å². The third-order valence-corrected chi connectivity index (χ3v) is 6.58. The number of fused-ring (bicyclic) bond motifs is 2. The highest BCUT2D eigenvalue weighted by Gasteiger charge is 2.44. The Balaban J connectivity index is 1.28. The van der Waals surface area contributed by atoms with E-state index in [1.165, 1.54) is 37.7 Å². The van der Waals surface area contributed by atoms with E-state index >= 15 is 0 Å². The average Bonchev–Trinajstić information content (AvgIpc) is 2.86. The van der Waals surface area contributed by atoms with E-state index in [-0.39, 0.29) is 6.03 Å². The number of rotatable bonds is 4. The number of hydrogen-bond donors (Lipinski definition) is 3. The van der Waals surface area contributed by atoms with Crippen molar-refractivity contribution in [3.05, 3.63) is 35.9 Å². The summed E-state index contributed by atoms with van der Waals surface area (Å²) in [5, 5.41) is 6.50. The highest BCUT2D eigenvalue weighted by Crippen LogP contribution is 2.24. The predicted molar refractivity (Wildman–Crippen MR) is 99.5 cm³/mol. The molecule has 2 aliphatic heterocycles. The van der Waals surface area contributed by atoms with Gasteiger partial charge in [0.05, 0.1) is 12.1 Å². The van der Waals surface area contributed by atoms with Gasteiger partial charge in [-0.2, -0.15) is 0 Å². The SMILES string of the molecule is O=C(NC1CCCCC1)NC1C[C@H]2CC[C@@H](C1)[NH+]2Cc1ccccc1. The predicted octanol–water partition coefficient (Wildman–Crippen LogP) is 2.40. The monoisotopic (exact) mass is 342 g/mol. The topological polar surface area (TPSA) is 45.6 Å². The molecule has 3 N–H and O–H groups in total. The third-order valence-electron chi connectivity index (χ3n) is 6.58. The lowest BCUT2D eigenvalue weighted by molar-refractivity contribution is -0.954. The van der Waals surface area contributed by atoms with Crippen LogP contribution in [0.3, 0.4) is 0 Å². The lowest BCUT2D eigenvalue weighted by Crippen LogP contribution is -3.17. The molecule has 2 saturated heterocycles. The zero-order valence-corrected chi connectivity index (χ0v) is 15.2. The molecule has 2 bridgehead atoms. The molecule has 1 aliphatic carbocycles. The molecule has 1 saturated carbocycles. The number of benzene rings is 1. The Hall–Kier alpha value is -1.55. The van der Waals surface area contributed by atoms with E-state index in [0.717, 1.165) is 32.2 Å². The maximum atomic E-state index is 12.4. The molecular formula is C21H32N3O+. The summed E-state index contributed by atoms with van der Waals surface area (Å²) in [6.45, 7) is 1.14. The molecule has 4 nitrogen and oxygen atoms in total. The number of quaternary nitrogens is 1. The molecule has 1 aromatic carbocycles. The fourth-order valence-corrected chi connectivity index (χ4v) is 5.33. The van der Waals surface area contributed by atoms with E-state index in [0.29, 0.717) is 24.2 Å². The van der Waals surface area contributed by atoms with Crippen molar-refractivity contribution in [2.24, 2.45) is 0 Å². The van der Waals surface area contributed by atoms with E-state index in [9.17, 15) is 4.79 Å². The van der Waals surface area contributed by atoms with Gasteiger partial charge in [-0.1, -0.05) is 49.6 Å². The minimum absolute atomic E-state index is 0.0720. The maximum absolute atomic E-state index is 12.4. The molecule has 1 aromatic rings. The largest absolute Gasteiger partial charge is 0.335 e. The molecule has 3 aliphatic rings. The van der Waals surface area contributed by atoms with Crippen molar-refractivity contribution in [2.45, 2.75) is 88.5 Å². The van der Waals surface area contributed by atoms with Gasteiger partial charge in [-0.15, -0.1) is 0 Å². The first-order valence-corrected chi connectivity index (χ1v) is 10.2. The van der Waals surface area contributed by atoms with Gasteiger partial charge < -0.3 is 15.5 Å². The van der Waals surface area contributed by atoms with Crippen LogP contribution in [-0.4, -0.2) is 30.2 Å². The fraction of sp³-hybridized carbons (Fsp3) is 0.667. The average molecular weight is 343 g/mol. The van der Waals surface area contributed by atoms with Crippen LogP contribution in [0.2, 0.25) is 0 Å². The number of amides is 2. The van der Waals surface area contributed by atoms with Gasteiger partial charge in [-0.05, 0) is 12.8 Å². The van der Waals surface area contributed by atoms with Crippen LogP contribution in [0.1, 0.15) is 63.4 Å². The van der Waals surface area contributed by atoms with Crippen molar-refractivity contribution < 1.29 is 9.69 Å². The van der Waals surface area contributed by atoms with Crippen molar-refractivity contribution in [2.75, 3.05) is 0 Å². The Labute approximate surface area is 151 Å². The number of nitrogens with one attached hydrogen (secondary N) is 3. The number of piperidine rings is 1. The molecule has 4 heteroatoms. The van der Waals surface area contributed by atoms with E-state index in [1.807, 2.05) is 0 Å². The molecule has 0 aromatic heterocycles. The van der Waals surface area contributed by atoms with Gasteiger partial charge in [-0.25, -0.2) is 4.79 Å². The molecule has 136 valence electrons. The molecule has 2 heterocycles. The Morgan fingerprint density at radius 1 is 0.880 bits per heavy atom. The molecule has 2 unspecified atom stereocenters. The standard InChI is InChI=1S/C21H31N3O/c25-21(22-17-9-5-2-6-10-17)23-18-13-19-11-12-20(14-18)24(19)15-16-7-3-1-4-8-16/h1,3-4,7-8,17-20H,2,5-6,9-15H2,(H2,22,23,25)/p+1/t18?,19-,20+. The van der Waals surface area contributed by atoms with Crippen LogP contribution in [0, 0.1) is 0 Å². The van der Waals surface area contributed by atoms with Gasteiger partial charge >= 0.3 is 6.03 Å². The van der Waals surface area contributed by atoms with Crippen LogP contribution in [0.4, 0.5) is 4.79 Å². The minimum atomic E-state index is 0.0720. The molecule has 4 atom stereocenters. The Bertz CT molecular complexity index is 556. The molecule has 0 radical (unpaired) electrons. The summed E-state index contributed by atoms with van der Waals surface area (Å²) in [5.41, 5.74) is 1.44. The summed E-state index contributed by atoms with van der Waals surface area (Å²) in [6, 6.07) is 13.1. The second-order valence-electron chi connectivity index (χ2n) is 8.33. The minimum Gasteiger partial charge on any atom is -0.335 e. The molecule has 3 fully saturated rings. The highest BCUT2D eigenvalue weighted by molar-refractivity contribution is 5.74. The number of urea groups is 1. The van der Waals surface area contributed by atoms with Crippen molar-refractivity contribution in [1.29, 1.82) is 0 Å². The first-order valence-electron chi connectivity index (χ1n) is 10.2. The van der Waals surface area contributed by atoms with Crippen molar-refractivity contribution in [3.63, 3.8) is 0 Å². The summed E-state index contributed by atoms with van der Waals surface area (Å²) in [7, 11) is 0. The quantitative estimate of drug-likeness (QED) is 0.773. The van der Waals surface area contributed by atoms with Crippen LogP contribution < -0.4 is 15.5 Å². The van der Waals surface area contributed by atoms with Crippen molar-refractivity contribution >= 4 is 6.03 Å². The fourth-order valence-electron chi connectivity index (χ4n) is 5.33. The summed E-state index contributed by atoms with van der Waals surface area (Å²) >= 11 is 0. The maximum Gasteiger partial charge on any atom is 0.315 e. The lowest BCUT2D eigenvalue weighted by Gasteiger charge is -2.36. The first kappa shape index (κ1) is 16.9. The second kappa shape index (κ2) is 7.77. The summed E-state index contributed by atoms with van der Waals surface area (Å²) in [4.78, 5) is 14.1. The van der Waals surface area contributed by atoms with Gasteiger partial charge in [0.2, 0.25) is 0 Å².